The monoisotopic (exact) mass is 382 g/mol. The van der Waals surface area contributed by atoms with Gasteiger partial charge >= 0.3 is 0 Å². The van der Waals surface area contributed by atoms with Crippen LogP contribution in [-0.4, -0.2) is 41.1 Å². The van der Waals surface area contributed by atoms with E-state index in [4.69, 9.17) is 5.73 Å². The van der Waals surface area contributed by atoms with E-state index in [1.165, 1.54) is 0 Å². The summed E-state index contributed by atoms with van der Waals surface area (Å²) in [6.07, 6.45) is 5.52. The van der Waals surface area contributed by atoms with E-state index < -0.39 is 0 Å². The summed E-state index contributed by atoms with van der Waals surface area (Å²) in [5, 5.41) is 0. The molecule has 104 valence electrons. The van der Waals surface area contributed by atoms with Crippen molar-refractivity contribution in [2.45, 2.75) is 0 Å². The molecule has 1 saturated heterocycles. The van der Waals surface area contributed by atoms with E-state index in [1.54, 1.807) is 0 Å². The zero-order valence-electron chi connectivity index (χ0n) is 10.9. The summed E-state index contributed by atoms with van der Waals surface area (Å²) in [7, 11) is 0. The van der Waals surface area contributed by atoms with Gasteiger partial charge < -0.3 is 15.5 Å². The Hall–Kier alpha value is -1.64. The van der Waals surface area contributed by atoms with E-state index >= 15 is 0 Å². The molecular formula is C13H15IN6. The van der Waals surface area contributed by atoms with Crippen LogP contribution in [0.4, 0.5) is 17.5 Å². The van der Waals surface area contributed by atoms with Gasteiger partial charge in [0.1, 0.15) is 5.82 Å². The van der Waals surface area contributed by atoms with Crippen molar-refractivity contribution in [3.8, 4) is 0 Å². The number of hydrogen-bond donors (Lipinski definition) is 1. The van der Waals surface area contributed by atoms with Gasteiger partial charge in [0.05, 0.1) is 11.9 Å². The standard InChI is InChI=1S/C13H15IN6/c14-10-7-17-13(18-8-10)20-5-3-19(4-6-20)11-1-2-12(15)16-9-11/h1-2,7-9H,3-6H2,(H2,15,16). The van der Waals surface area contributed by atoms with Crippen LogP contribution < -0.4 is 15.5 Å². The molecular weight excluding hydrogens is 367 g/mol. The third kappa shape index (κ3) is 2.92. The number of piperazine rings is 1. The number of nitrogens with zero attached hydrogens (tertiary/aromatic N) is 5. The minimum Gasteiger partial charge on any atom is -0.384 e. The molecule has 0 unspecified atom stereocenters. The van der Waals surface area contributed by atoms with E-state index in [0.29, 0.717) is 5.82 Å². The Morgan fingerprint density at radius 1 is 0.900 bits per heavy atom. The van der Waals surface area contributed by atoms with Gasteiger partial charge in [-0.1, -0.05) is 0 Å². The van der Waals surface area contributed by atoms with Gasteiger partial charge in [0, 0.05) is 42.1 Å². The first kappa shape index (κ1) is 13.3. The van der Waals surface area contributed by atoms with Crippen molar-refractivity contribution in [1.82, 2.24) is 15.0 Å². The van der Waals surface area contributed by atoms with E-state index in [0.717, 1.165) is 41.4 Å². The van der Waals surface area contributed by atoms with E-state index in [2.05, 4.69) is 47.3 Å². The summed E-state index contributed by atoms with van der Waals surface area (Å²) < 4.78 is 1.05. The molecule has 0 aliphatic carbocycles. The summed E-state index contributed by atoms with van der Waals surface area (Å²) in [4.78, 5) is 17.4. The van der Waals surface area contributed by atoms with Gasteiger partial charge in [-0.15, -0.1) is 0 Å². The Labute approximate surface area is 131 Å². The van der Waals surface area contributed by atoms with Gasteiger partial charge in [-0.05, 0) is 34.7 Å². The predicted octanol–water partition coefficient (Wildman–Crippen LogP) is 1.39. The molecule has 2 N–H and O–H groups in total. The lowest BCUT2D eigenvalue weighted by molar-refractivity contribution is 0.639. The van der Waals surface area contributed by atoms with Crippen molar-refractivity contribution < 1.29 is 0 Å². The van der Waals surface area contributed by atoms with E-state index in [1.807, 2.05) is 30.7 Å². The highest BCUT2D eigenvalue weighted by Crippen LogP contribution is 2.18. The van der Waals surface area contributed by atoms with Crippen molar-refractivity contribution >= 4 is 40.0 Å². The number of anilines is 3. The van der Waals surface area contributed by atoms with Crippen LogP contribution in [0, 0.1) is 3.57 Å². The number of rotatable bonds is 2. The maximum atomic E-state index is 5.61. The van der Waals surface area contributed by atoms with E-state index in [-0.39, 0.29) is 0 Å². The Balaban J connectivity index is 1.64. The molecule has 7 heteroatoms. The third-order valence-corrected chi connectivity index (χ3v) is 3.86. The Morgan fingerprint density at radius 3 is 2.15 bits per heavy atom. The second-order valence-electron chi connectivity index (χ2n) is 4.62. The van der Waals surface area contributed by atoms with Crippen molar-refractivity contribution in [3.05, 3.63) is 34.3 Å². The largest absolute Gasteiger partial charge is 0.384 e. The minimum absolute atomic E-state index is 0.555. The summed E-state index contributed by atoms with van der Waals surface area (Å²) in [5.41, 5.74) is 6.72. The van der Waals surface area contributed by atoms with E-state index in [9.17, 15) is 0 Å². The molecule has 2 aromatic heterocycles. The lowest BCUT2D eigenvalue weighted by Gasteiger charge is -2.35. The average molecular weight is 382 g/mol. The Morgan fingerprint density at radius 2 is 1.55 bits per heavy atom. The maximum absolute atomic E-state index is 5.61. The molecule has 0 aromatic carbocycles. The highest BCUT2D eigenvalue weighted by Gasteiger charge is 2.19. The molecule has 20 heavy (non-hydrogen) atoms. The van der Waals surface area contributed by atoms with Crippen molar-refractivity contribution in [1.29, 1.82) is 0 Å². The molecule has 1 aliphatic heterocycles. The molecule has 6 nitrogen and oxygen atoms in total. The molecule has 1 fully saturated rings. The van der Waals surface area contributed by atoms with Gasteiger partial charge in [0.2, 0.25) is 5.95 Å². The lowest BCUT2D eigenvalue weighted by Crippen LogP contribution is -2.47. The van der Waals surface area contributed by atoms with Crippen LogP contribution in [0.15, 0.2) is 30.7 Å². The third-order valence-electron chi connectivity index (χ3n) is 3.31. The summed E-state index contributed by atoms with van der Waals surface area (Å²) in [6, 6.07) is 3.85. The van der Waals surface area contributed by atoms with Crippen LogP contribution in [0.1, 0.15) is 0 Å². The molecule has 0 spiro atoms. The fourth-order valence-corrected chi connectivity index (χ4v) is 2.50. The Bertz CT molecular complexity index is 509. The lowest BCUT2D eigenvalue weighted by atomic mass is 10.3. The number of aromatic nitrogens is 3. The molecule has 0 amide bonds. The second-order valence-corrected chi connectivity index (χ2v) is 5.86. The number of halogens is 1. The van der Waals surface area contributed by atoms with Crippen molar-refractivity contribution in [3.63, 3.8) is 0 Å². The van der Waals surface area contributed by atoms with Gasteiger partial charge in [-0.3, -0.25) is 0 Å². The van der Waals surface area contributed by atoms with Crippen molar-refractivity contribution in [2.75, 3.05) is 41.7 Å². The normalized spacial score (nSPS) is 15.4. The van der Waals surface area contributed by atoms with Gasteiger partial charge in [-0.2, -0.15) is 0 Å². The summed E-state index contributed by atoms with van der Waals surface area (Å²) in [5.74, 6) is 1.36. The predicted molar refractivity (Wildman–Crippen MR) is 87.8 cm³/mol. The summed E-state index contributed by atoms with van der Waals surface area (Å²) >= 11 is 2.21. The smallest absolute Gasteiger partial charge is 0.225 e. The quantitative estimate of drug-likeness (QED) is 0.792. The van der Waals surface area contributed by atoms with Crippen LogP contribution in [0.3, 0.4) is 0 Å². The molecule has 0 atom stereocenters. The van der Waals surface area contributed by atoms with Crippen LogP contribution in [0.5, 0.6) is 0 Å². The Kier molecular flexibility index (Phi) is 3.86. The van der Waals surface area contributed by atoms with Crippen LogP contribution in [0.2, 0.25) is 0 Å². The molecule has 3 heterocycles. The first-order valence-corrected chi connectivity index (χ1v) is 7.49. The summed E-state index contributed by atoms with van der Waals surface area (Å²) in [6.45, 7) is 3.68. The number of nitrogen functional groups attached to an aromatic ring is 1. The topological polar surface area (TPSA) is 71.2 Å². The molecule has 0 radical (unpaired) electrons. The zero-order chi connectivity index (χ0) is 13.9. The fraction of sp³-hybridized carbons (Fsp3) is 0.308. The van der Waals surface area contributed by atoms with Crippen molar-refractivity contribution in [2.24, 2.45) is 0 Å². The van der Waals surface area contributed by atoms with Gasteiger partial charge in [-0.25, -0.2) is 15.0 Å². The van der Waals surface area contributed by atoms with Crippen LogP contribution in [-0.2, 0) is 0 Å². The number of hydrogen-bond acceptors (Lipinski definition) is 6. The molecule has 3 rings (SSSR count). The number of pyridine rings is 1. The SMILES string of the molecule is Nc1ccc(N2CCN(c3ncc(I)cn3)CC2)cn1. The second kappa shape index (κ2) is 5.78. The van der Waals surface area contributed by atoms with Crippen LogP contribution >= 0.6 is 22.6 Å². The molecule has 0 bridgehead atoms. The van der Waals surface area contributed by atoms with Crippen LogP contribution in [0.25, 0.3) is 0 Å². The molecule has 0 saturated carbocycles. The van der Waals surface area contributed by atoms with Gasteiger partial charge in [0.15, 0.2) is 0 Å². The number of nitrogens with two attached hydrogens (primary N) is 1. The average Bonchev–Trinajstić information content (AvgIpc) is 2.49. The molecule has 2 aromatic rings. The first-order chi connectivity index (χ1) is 9.72. The zero-order valence-corrected chi connectivity index (χ0v) is 13.1. The highest BCUT2D eigenvalue weighted by molar-refractivity contribution is 14.1. The maximum Gasteiger partial charge on any atom is 0.225 e. The highest BCUT2D eigenvalue weighted by atomic mass is 127. The van der Waals surface area contributed by atoms with Gasteiger partial charge in [0.25, 0.3) is 0 Å². The first-order valence-electron chi connectivity index (χ1n) is 6.41. The molecule has 1 aliphatic rings. The fourth-order valence-electron chi connectivity index (χ4n) is 2.22. The minimum atomic E-state index is 0.555.